The fourth-order valence-electron chi connectivity index (χ4n) is 0.893. The summed E-state index contributed by atoms with van der Waals surface area (Å²) in [5.41, 5.74) is 2.00. The molecule has 1 rings (SSSR count). The highest BCUT2D eigenvalue weighted by molar-refractivity contribution is 6.13. The van der Waals surface area contributed by atoms with E-state index in [9.17, 15) is 0 Å². The summed E-state index contributed by atoms with van der Waals surface area (Å²) in [5, 5.41) is 6.89. The van der Waals surface area contributed by atoms with Crippen LogP contribution in [-0.2, 0) is 4.79 Å². The Hall–Kier alpha value is -1.35. The summed E-state index contributed by atoms with van der Waals surface area (Å²) in [6, 6.07) is 10.5. The highest BCUT2D eigenvalue weighted by Gasteiger charge is 1.96. The summed E-state index contributed by atoms with van der Waals surface area (Å²) in [6.45, 7) is 3.52. The third kappa shape index (κ3) is 4.98. The van der Waals surface area contributed by atoms with Gasteiger partial charge in [-0.05, 0) is 11.1 Å². The molecule has 2 nitrogen and oxygen atoms in total. The van der Waals surface area contributed by atoms with Crippen molar-refractivity contribution in [2.24, 2.45) is 0 Å². The lowest BCUT2D eigenvalue weighted by atomic mass is 10.1. The largest absolute Gasteiger partial charge is 0.483 e. The SMILES string of the molecule is C=CC([SiH3])c1ccccc1.O=CO. The van der Waals surface area contributed by atoms with Crippen molar-refractivity contribution in [2.45, 2.75) is 5.54 Å². The molecule has 1 N–H and O–H groups in total. The maximum absolute atomic E-state index is 8.36. The minimum atomic E-state index is -0.250. The van der Waals surface area contributed by atoms with Crippen LogP contribution in [0, 0.1) is 0 Å². The van der Waals surface area contributed by atoms with Gasteiger partial charge in [-0.2, -0.15) is 0 Å². The summed E-state index contributed by atoms with van der Waals surface area (Å²) in [5.74, 6) is 0. The smallest absolute Gasteiger partial charge is 0.290 e. The van der Waals surface area contributed by atoms with Crippen molar-refractivity contribution in [3.8, 4) is 0 Å². The maximum atomic E-state index is 8.36. The summed E-state index contributed by atoms with van der Waals surface area (Å²) < 4.78 is 0. The topological polar surface area (TPSA) is 37.3 Å². The Morgan fingerprint density at radius 2 is 1.85 bits per heavy atom. The number of hydrogen-bond acceptors (Lipinski definition) is 1. The molecule has 1 aromatic rings. The van der Waals surface area contributed by atoms with Crippen molar-refractivity contribution in [2.75, 3.05) is 0 Å². The van der Waals surface area contributed by atoms with Gasteiger partial charge in [-0.1, -0.05) is 36.4 Å². The van der Waals surface area contributed by atoms with E-state index in [2.05, 4.69) is 30.8 Å². The van der Waals surface area contributed by atoms with E-state index in [4.69, 9.17) is 9.90 Å². The van der Waals surface area contributed by atoms with Crippen molar-refractivity contribution in [3.05, 3.63) is 48.6 Å². The second-order valence-corrected chi connectivity index (χ2v) is 3.78. The van der Waals surface area contributed by atoms with Gasteiger partial charge in [-0.15, -0.1) is 6.58 Å². The highest BCUT2D eigenvalue weighted by Crippen LogP contribution is 2.10. The predicted molar refractivity (Wildman–Crippen MR) is 58.0 cm³/mol. The van der Waals surface area contributed by atoms with Gasteiger partial charge in [0.25, 0.3) is 6.47 Å². The first-order valence-electron chi connectivity index (χ1n) is 4.01. The molecule has 1 aromatic carbocycles. The highest BCUT2D eigenvalue weighted by atomic mass is 28.1. The summed E-state index contributed by atoms with van der Waals surface area (Å²) >= 11 is 0. The van der Waals surface area contributed by atoms with Crippen molar-refractivity contribution in [1.29, 1.82) is 0 Å². The Morgan fingerprint density at radius 1 is 1.38 bits per heavy atom. The van der Waals surface area contributed by atoms with Gasteiger partial charge in [0, 0.05) is 10.2 Å². The lowest BCUT2D eigenvalue weighted by molar-refractivity contribution is -0.122. The van der Waals surface area contributed by atoms with Crippen LogP contribution in [0.25, 0.3) is 0 Å². The molecule has 0 aliphatic carbocycles. The molecule has 70 valence electrons. The molecule has 13 heavy (non-hydrogen) atoms. The van der Waals surface area contributed by atoms with Gasteiger partial charge in [-0.25, -0.2) is 0 Å². The van der Waals surface area contributed by atoms with Gasteiger partial charge in [-0.3, -0.25) is 4.79 Å². The van der Waals surface area contributed by atoms with Crippen molar-refractivity contribution in [3.63, 3.8) is 0 Å². The van der Waals surface area contributed by atoms with E-state index in [1.807, 2.05) is 12.1 Å². The molecule has 1 unspecified atom stereocenters. The van der Waals surface area contributed by atoms with Crippen molar-refractivity contribution in [1.82, 2.24) is 0 Å². The van der Waals surface area contributed by atoms with E-state index in [0.29, 0.717) is 5.54 Å². The van der Waals surface area contributed by atoms with E-state index in [-0.39, 0.29) is 6.47 Å². The molecule has 3 heteroatoms. The number of rotatable bonds is 2. The zero-order chi connectivity index (χ0) is 10.1. The molecule has 0 saturated carbocycles. The predicted octanol–water partition coefficient (Wildman–Crippen LogP) is 0.980. The minimum Gasteiger partial charge on any atom is -0.483 e. The first kappa shape index (κ1) is 11.6. The molecule has 0 aromatic heterocycles. The van der Waals surface area contributed by atoms with Gasteiger partial charge in [0.1, 0.15) is 0 Å². The first-order valence-corrected chi connectivity index (χ1v) is 5.17. The van der Waals surface area contributed by atoms with E-state index in [1.54, 1.807) is 0 Å². The third-order valence-electron chi connectivity index (χ3n) is 1.68. The lowest BCUT2D eigenvalue weighted by Crippen LogP contribution is -1.91. The number of benzene rings is 1. The molecule has 1 atom stereocenters. The molecule has 0 heterocycles. The fraction of sp³-hybridized carbons (Fsp3) is 0.100. The van der Waals surface area contributed by atoms with Crippen LogP contribution in [0.5, 0.6) is 0 Å². The number of allylic oxidation sites excluding steroid dienone is 1. The average molecular weight is 194 g/mol. The van der Waals surface area contributed by atoms with Gasteiger partial charge >= 0.3 is 0 Å². The summed E-state index contributed by atoms with van der Waals surface area (Å²) in [7, 11) is 1.16. The quantitative estimate of drug-likeness (QED) is 0.433. The van der Waals surface area contributed by atoms with Gasteiger partial charge in [0.05, 0.1) is 0 Å². The van der Waals surface area contributed by atoms with E-state index < -0.39 is 0 Å². The van der Waals surface area contributed by atoms with E-state index in [0.717, 1.165) is 10.2 Å². The van der Waals surface area contributed by atoms with Crippen LogP contribution < -0.4 is 0 Å². The minimum absolute atomic E-state index is 0.250. The monoisotopic (exact) mass is 194 g/mol. The number of hydrogen-bond donors (Lipinski definition) is 1. The van der Waals surface area contributed by atoms with Gasteiger partial charge in [0.15, 0.2) is 0 Å². The summed E-state index contributed by atoms with van der Waals surface area (Å²) in [4.78, 5) is 8.36. The van der Waals surface area contributed by atoms with E-state index >= 15 is 0 Å². The van der Waals surface area contributed by atoms with Crippen LogP contribution in [0.4, 0.5) is 0 Å². The van der Waals surface area contributed by atoms with Gasteiger partial charge in [0.2, 0.25) is 0 Å². The zero-order valence-electron chi connectivity index (χ0n) is 7.68. The molecule has 0 aliphatic heterocycles. The summed E-state index contributed by atoms with van der Waals surface area (Å²) in [6.07, 6.45) is 2.02. The molecule has 0 bridgehead atoms. The first-order chi connectivity index (χ1) is 6.26. The molecule has 0 aliphatic rings. The Bertz CT molecular complexity index is 246. The molecular formula is C10H14O2Si. The zero-order valence-corrected chi connectivity index (χ0v) is 9.68. The number of carboxylic acid groups (broad SMARTS) is 1. The van der Waals surface area contributed by atoms with Crippen LogP contribution >= 0.6 is 0 Å². The van der Waals surface area contributed by atoms with Crippen LogP contribution in [0.3, 0.4) is 0 Å². The van der Waals surface area contributed by atoms with Crippen molar-refractivity contribution >= 4 is 16.7 Å². The van der Waals surface area contributed by atoms with Crippen LogP contribution in [0.15, 0.2) is 43.0 Å². The van der Waals surface area contributed by atoms with E-state index in [1.165, 1.54) is 5.56 Å². The standard InChI is InChI=1S/C9H12Si.CH2O2/c1-2-9(10)8-6-4-3-5-7-8;2-1-3/h2-7,9H,1H2,10H3;1H,(H,2,3). The maximum Gasteiger partial charge on any atom is 0.290 e. The number of carbonyl (C=O) groups is 1. The Morgan fingerprint density at radius 3 is 2.23 bits per heavy atom. The molecule has 0 saturated heterocycles. The molecule has 0 radical (unpaired) electrons. The molecule has 0 amide bonds. The van der Waals surface area contributed by atoms with Crippen LogP contribution in [-0.4, -0.2) is 21.8 Å². The fourth-order valence-corrected chi connectivity index (χ4v) is 1.28. The molecule has 0 spiro atoms. The molecular weight excluding hydrogens is 180 g/mol. The Balaban J connectivity index is 0.000000424. The average Bonchev–Trinajstić information content (AvgIpc) is 2.19. The second-order valence-electron chi connectivity index (χ2n) is 2.54. The Kier molecular flexibility index (Phi) is 6.54. The van der Waals surface area contributed by atoms with Crippen LogP contribution in [0.2, 0.25) is 0 Å². The third-order valence-corrected chi connectivity index (χ3v) is 2.82. The Labute approximate surface area is 81.3 Å². The second kappa shape index (κ2) is 7.30. The van der Waals surface area contributed by atoms with Crippen molar-refractivity contribution < 1.29 is 9.90 Å². The van der Waals surface area contributed by atoms with Gasteiger partial charge < -0.3 is 5.11 Å². The lowest BCUT2D eigenvalue weighted by Gasteiger charge is -2.03. The van der Waals surface area contributed by atoms with Crippen LogP contribution in [0.1, 0.15) is 11.1 Å². The normalized spacial score (nSPS) is 10.8. The molecule has 0 fully saturated rings.